The first-order chi connectivity index (χ1) is 18.7. The molecule has 0 bridgehead atoms. The van der Waals surface area contributed by atoms with Gasteiger partial charge in [0.05, 0.1) is 28.6 Å². The lowest BCUT2D eigenvalue weighted by Gasteiger charge is -2.50. The standard InChI is InChI=1S/C29H30F4N4O3/c1-17-22(37-12-10-23(38)35-26(37)39)14-34-21-9-8-20(25(30)24(17)21)28(40)11-13-36(16-27(28,2)3)15-18-4-6-19(7-5-18)29(31,32)33/h4-9,14,40H,10-13,15-16H2,1-3H3,(H,35,38,39). The second kappa shape index (κ2) is 9.81. The lowest BCUT2D eigenvalue weighted by Crippen LogP contribution is -2.55. The summed E-state index contributed by atoms with van der Waals surface area (Å²) in [4.78, 5) is 31.8. The minimum absolute atomic E-state index is 0.114. The van der Waals surface area contributed by atoms with Crippen molar-refractivity contribution in [1.29, 1.82) is 0 Å². The number of amides is 3. The summed E-state index contributed by atoms with van der Waals surface area (Å²) in [6.45, 7) is 6.67. The molecule has 1 aromatic heterocycles. The summed E-state index contributed by atoms with van der Waals surface area (Å²) in [6.07, 6.45) is -2.61. The molecule has 7 nitrogen and oxygen atoms in total. The van der Waals surface area contributed by atoms with E-state index < -0.39 is 34.6 Å². The highest BCUT2D eigenvalue weighted by Crippen LogP contribution is 2.48. The van der Waals surface area contributed by atoms with Crippen LogP contribution >= 0.6 is 0 Å². The number of aryl methyl sites for hydroxylation is 1. The van der Waals surface area contributed by atoms with Crippen LogP contribution in [0.15, 0.2) is 42.6 Å². The van der Waals surface area contributed by atoms with Crippen LogP contribution in [0.5, 0.6) is 0 Å². The molecule has 1 atom stereocenters. The first-order valence-electron chi connectivity index (χ1n) is 13.0. The van der Waals surface area contributed by atoms with Crippen molar-refractivity contribution < 1.29 is 32.3 Å². The number of carbonyl (C=O) groups excluding carboxylic acids is 2. The fourth-order valence-electron chi connectivity index (χ4n) is 5.89. The highest BCUT2D eigenvalue weighted by Gasteiger charge is 2.50. The molecule has 40 heavy (non-hydrogen) atoms. The summed E-state index contributed by atoms with van der Waals surface area (Å²) in [7, 11) is 0. The molecule has 0 spiro atoms. The number of urea groups is 1. The van der Waals surface area contributed by atoms with Crippen LogP contribution in [-0.2, 0) is 23.1 Å². The van der Waals surface area contributed by atoms with E-state index in [0.717, 1.165) is 12.1 Å². The van der Waals surface area contributed by atoms with E-state index in [9.17, 15) is 27.9 Å². The average molecular weight is 559 g/mol. The molecule has 3 aromatic rings. The molecule has 2 N–H and O–H groups in total. The third-order valence-electron chi connectivity index (χ3n) is 8.21. The van der Waals surface area contributed by atoms with E-state index in [1.807, 2.05) is 18.7 Å². The number of anilines is 1. The zero-order chi connectivity index (χ0) is 29.0. The molecule has 212 valence electrons. The van der Waals surface area contributed by atoms with Crippen molar-refractivity contribution in [3.63, 3.8) is 0 Å². The van der Waals surface area contributed by atoms with E-state index in [4.69, 9.17) is 0 Å². The molecule has 5 rings (SSSR count). The predicted molar refractivity (Wildman–Crippen MR) is 141 cm³/mol. The highest BCUT2D eigenvalue weighted by molar-refractivity contribution is 6.06. The number of halogens is 4. The molecule has 2 aliphatic heterocycles. The fraction of sp³-hybridized carbons (Fsp3) is 0.414. The molecule has 0 aliphatic carbocycles. The first kappa shape index (κ1) is 28.0. The Bertz CT molecular complexity index is 1490. The van der Waals surface area contributed by atoms with Gasteiger partial charge in [-0.1, -0.05) is 32.0 Å². The van der Waals surface area contributed by atoms with Gasteiger partial charge in [0.25, 0.3) is 0 Å². The number of imide groups is 1. The Morgan fingerprint density at radius 1 is 1.07 bits per heavy atom. The Kier molecular flexibility index (Phi) is 6.86. The average Bonchev–Trinajstić information content (AvgIpc) is 2.87. The number of carbonyl (C=O) groups is 2. The van der Waals surface area contributed by atoms with Crippen LogP contribution in [0.2, 0.25) is 0 Å². The number of hydrogen-bond acceptors (Lipinski definition) is 5. The number of piperidine rings is 1. The SMILES string of the molecule is Cc1c(N2CCC(=O)NC2=O)cnc2ccc(C3(O)CCN(Cc4ccc(C(F)(F)F)cc4)CC3(C)C)c(F)c12. The highest BCUT2D eigenvalue weighted by atomic mass is 19.4. The number of likely N-dealkylation sites (tertiary alicyclic amines) is 1. The molecule has 3 heterocycles. The summed E-state index contributed by atoms with van der Waals surface area (Å²) in [5, 5.41) is 14.4. The predicted octanol–water partition coefficient (Wildman–Crippen LogP) is 5.27. The van der Waals surface area contributed by atoms with Crippen molar-refractivity contribution in [2.24, 2.45) is 5.41 Å². The number of aliphatic hydroxyl groups is 1. The van der Waals surface area contributed by atoms with E-state index >= 15 is 4.39 Å². The third kappa shape index (κ3) is 4.81. The van der Waals surface area contributed by atoms with Crippen LogP contribution in [0.25, 0.3) is 10.9 Å². The molecule has 3 amide bonds. The molecule has 0 saturated carbocycles. The summed E-state index contributed by atoms with van der Waals surface area (Å²) in [5.41, 5.74) is -1.02. The number of benzene rings is 2. The molecular weight excluding hydrogens is 528 g/mol. The molecule has 2 aliphatic rings. The zero-order valence-corrected chi connectivity index (χ0v) is 22.4. The maximum Gasteiger partial charge on any atom is 0.416 e. The van der Waals surface area contributed by atoms with Crippen LogP contribution in [0.1, 0.15) is 48.9 Å². The second-order valence-corrected chi connectivity index (χ2v) is 11.2. The van der Waals surface area contributed by atoms with E-state index in [2.05, 4.69) is 10.3 Å². The normalized spacial score (nSPS) is 22.1. The summed E-state index contributed by atoms with van der Waals surface area (Å²) < 4.78 is 55.1. The number of hydrogen-bond donors (Lipinski definition) is 2. The Morgan fingerprint density at radius 2 is 1.77 bits per heavy atom. The zero-order valence-electron chi connectivity index (χ0n) is 22.4. The summed E-state index contributed by atoms with van der Waals surface area (Å²) in [6, 6.07) is 7.60. The van der Waals surface area contributed by atoms with Crippen LogP contribution in [0.4, 0.5) is 28.0 Å². The van der Waals surface area contributed by atoms with Crippen molar-refractivity contribution in [3.05, 3.63) is 70.7 Å². The monoisotopic (exact) mass is 558 g/mol. The van der Waals surface area contributed by atoms with Gasteiger partial charge in [-0.05, 0) is 42.7 Å². The molecule has 1 unspecified atom stereocenters. The van der Waals surface area contributed by atoms with Crippen LogP contribution in [0, 0.1) is 18.2 Å². The van der Waals surface area contributed by atoms with Gasteiger partial charge in [-0.25, -0.2) is 9.18 Å². The lowest BCUT2D eigenvalue weighted by atomic mass is 9.66. The van der Waals surface area contributed by atoms with E-state index in [1.54, 1.807) is 19.1 Å². The molecule has 2 saturated heterocycles. The van der Waals surface area contributed by atoms with Gasteiger partial charge in [-0.2, -0.15) is 13.2 Å². The lowest BCUT2D eigenvalue weighted by molar-refractivity contribution is -0.137. The van der Waals surface area contributed by atoms with Gasteiger partial charge in [-0.3, -0.25) is 24.9 Å². The number of nitrogens with one attached hydrogen (secondary N) is 1. The first-order valence-corrected chi connectivity index (χ1v) is 13.0. The maximum atomic E-state index is 16.3. The van der Waals surface area contributed by atoms with E-state index in [-0.39, 0.29) is 36.2 Å². The van der Waals surface area contributed by atoms with Gasteiger partial charge < -0.3 is 5.11 Å². The number of fused-ring (bicyclic) bond motifs is 1. The Labute approximate surface area is 228 Å². The smallest absolute Gasteiger partial charge is 0.384 e. The largest absolute Gasteiger partial charge is 0.416 e. The van der Waals surface area contributed by atoms with Crippen molar-refractivity contribution in [2.45, 2.75) is 51.9 Å². The minimum Gasteiger partial charge on any atom is -0.384 e. The van der Waals surface area contributed by atoms with Gasteiger partial charge in [0.15, 0.2) is 0 Å². The molecule has 2 aromatic carbocycles. The Morgan fingerprint density at radius 3 is 2.40 bits per heavy atom. The minimum atomic E-state index is -4.40. The molecule has 11 heteroatoms. The molecule has 0 radical (unpaired) electrons. The number of pyridine rings is 1. The van der Waals surface area contributed by atoms with E-state index in [1.165, 1.54) is 23.2 Å². The number of alkyl halides is 3. The van der Waals surface area contributed by atoms with Gasteiger partial charge >= 0.3 is 12.2 Å². The molecule has 2 fully saturated rings. The molecular formula is C29H30F4N4O3. The quantitative estimate of drug-likeness (QED) is 0.427. The number of rotatable bonds is 4. The van der Waals surface area contributed by atoms with Crippen LogP contribution in [-0.4, -0.2) is 46.6 Å². The Balaban J connectivity index is 1.43. The summed E-state index contributed by atoms with van der Waals surface area (Å²) >= 11 is 0. The number of nitrogens with zero attached hydrogens (tertiary/aromatic N) is 3. The topological polar surface area (TPSA) is 85.8 Å². The fourth-order valence-corrected chi connectivity index (χ4v) is 5.89. The summed E-state index contributed by atoms with van der Waals surface area (Å²) in [5.74, 6) is -1.00. The van der Waals surface area contributed by atoms with Crippen LogP contribution in [0.3, 0.4) is 0 Å². The Hall–Kier alpha value is -3.57. The second-order valence-electron chi connectivity index (χ2n) is 11.2. The third-order valence-corrected chi connectivity index (χ3v) is 8.21. The number of aromatic nitrogens is 1. The van der Waals surface area contributed by atoms with Gasteiger partial charge in [0, 0.05) is 49.0 Å². The van der Waals surface area contributed by atoms with Gasteiger partial charge in [0.1, 0.15) is 5.82 Å². The van der Waals surface area contributed by atoms with Crippen LogP contribution < -0.4 is 10.2 Å². The maximum absolute atomic E-state index is 16.3. The van der Waals surface area contributed by atoms with Crippen molar-refractivity contribution >= 4 is 28.5 Å². The van der Waals surface area contributed by atoms with Gasteiger partial charge in [0.2, 0.25) is 5.91 Å². The van der Waals surface area contributed by atoms with Crippen molar-refractivity contribution in [3.8, 4) is 0 Å². The van der Waals surface area contributed by atoms with Crippen molar-refractivity contribution in [2.75, 3.05) is 24.5 Å². The van der Waals surface area contributed by atoms with Gasteiger partial charge in [-0.15, -0.1) is 0 Å². The van der Waals surface area contributed by atoms with E-state index in [0.29, 0.717) is 42.0 Å². The van der Waals surface area contributed by atoms with Crippen molar-refractivity contribution in [1.82, 2.24) is 15.2 Å².